The van der Waals surface area contributed by atoms with E-state index in [0.717, 1.165) is 23.4 Å². The second-order valence-corrected chi connectivity index (χ2v) is 6.17. The Kier molecular flexibility index (Phi) is 4.57. The SMILES string of the molecule is CC1CN(c2cc(Cl)ccc2CBr)CC(C)N1C. The van der Waals surface area contributed by atoms with Gasteiger partial charge in [-0.25, -0.2) is 0 Å². The number of hydrogen-bond donors (Lipinski definition) is 0. The van der Waals surface area contributed by atoms with Crippen molar-refractivity contribution in [1.29, 1.82) is 0 Å². The third kappa shape index (κ3) is 2.84. The molecule has 1 aliphatic rings. The molecule has 0 N–H and O–H groups in total. The third-order valence-corrected chi connectivity index (χ3v) is 4.73. The van der Waals surface area contributed by atoms with Crippen molar-refractivity contribution in [3.8, 4) is 0 Å². The fourth-order valence-corrected chi connectivity index (χ4v) is 3.19. The van der Waals surface area contributed by atoms with Crippen LogP contribution in [0.1, 0.15) is 19.4 Å². The first-order chi connectivity index (χ1) is 8.52. The van der Waals surface area contributed by atoms with Crippen molar-refractivity contribution in [2.45, 2.75) is 31.3 Å². The molecule has 0 bridgehead atoms. The Morgan fingerprint density at radius 2 is 1.89 bits per heavy atom. The molecule has 0 amide bonds. The molecule has 100 valence electrons. The van der Waals surface area contributed by atoms with Gasteiger partial charge in [0, 0.05) is 41.2 Å². The summed E-state index contributed by atoms with van der Waals surface area (Å²) in [7, 11) is 2.20. The van der Waals surface area contributed by atoms with Crippen LogP contribution in [-0.4, -0.2) is 37.1 Å². The largest absolute Gasteiger partial charge is 0.368 e. The van der Waals surface area contributed by atoms with Crippen LogP contribution in [0.4, 0.5) is 5.69 Å². The maximum atomic E-state index is 6.14. The molecule has 1 aromatic carbocycles. The molecule has 0 spiro atoms. The topological polar surface area (TPSA) is 6.48 Å². The van der Waals surface area contributed by atoms with E-state index in [9.17, 15) is 0 Å². The molecule has 0 aliphatic carbocycles. The van der Waals surface area contributed by atoms with Crippen LogP contribution in [0.5, 0.6) is 0 Å². The lowest BCUT2D eigenvalue weighted by Crippen LogP contribution is -2.55. The predicted octanol–water partition coefficient (Wildman–Crippen LogP) is 3.76. The first-order valence-corrected chi connectivity index (χ1v) is 7.84. The quantitative estimate of drug-likeness (QED) is 0.761. The van der Waals surface area contributed by atoms with Gasteiger partial charge in [0.15, 0.2) is 0 Å². The molecule has 0 aromatic heterocycles. The van der Waals surface area contributed by atoms with Gasteiger partial charge >= 0.3 is 0 Å². The van der Waals surface area contributed by atoms with Gasteiger partial charge in [0.1, 0.15) is 0 Å². The zero-order valence-electron chi connectivity index (χ0n) is 11.2. The second kappa shape index (κ2) is 5.81. The van der Waals surface area contributed by atoms with Crippen molar-refractivity contribution in [2.24, 2.45) is 0 Å². The molecular weight excluding hydrogens is 312 g/mol. The first-order valence-electron chi connectivity index (χ1n) is 6.34. The molecule has 1 saturated heterocycles. The van der Waals surface area contributed by atoms with Gasteiger partial charge in [-0.15, -0.1) is 0 Å². The molecule has 18 heavy (non-hydrogen) atoms. The van der Waals surface area contributed by atoms with E-state index >= 15 is 0 Å². The van der Waals surface area contributed by atoms with Crippen LogP contribution in [0.3, 0.4) is 0 Å². The highest BCUT2D eigenvalue weighted by Gasteiger charge is 2.27. The number of halogens is 2. The first kappa shape index (κ1) is 14.2. The molecule has 2 nitrogen and oxygen atoms in total. The van der Waals surface area contributed by atoms with Crippen molar-refractivity contribution in [3.63, 3.8) is 0 Å². The number of piperazine rings is 1. The Balaban J connectivity index is 2.28. The Morgan fingerprint density at radius 1 is 1.28 bits per heavy atom. The fourth-order valence-electron chi connectivity index (χ4n) is 2.55. The van der Waals surface area contributed by atoms with E-state index < -0.39 is 0 Å². The van der Waals surface area contributed by atoms with Crippen LogP contribution < -0.4 is 4.90 Å². The zero-order valence-corrected chi connectivity index (χ0v) is 13.5. The maximum absolute atomic E-state index is 6.14. The lowest BCUT2D eigenvalue weighted by Gasteiger charge is -2.44. The molecule has 2 atom stereocenters. The van der Waals surface area contributed by atoms with Gasteiger partial charge in [0.05, 0.1) is 0 Å². The lowest BCUT2D eigenvalue weighted by atomic mass is 10.1. The summed E-state index contributed by atoms with van der Waals surface area (Å²) in [5.74, 6) is 0. The number of nitrogens with zero attached hydrogens (tertiary/aromatic N) is 2. The van der Waals surface area contributed by atoms with Crippen LogP contribution in [0.2, 0.25) is 5.02 Å². The summed E-state index contributed by atoms with van der Waals surface area (Å²) >= 11 is 9.70. The molecule has 1 aliphatic heterocycles. The standard InChI is InChI=1S/C14H20BrClN2/c1-10-8-18(9-11(2)17(10)3)14-6-13(16)5-4-12(14)7-15/h4-6,10-11H,7-9H2,1-3H3. The van der Waals surface area contributed by atoms with E-state index in [-0.39, 0.29) is 0 Å². The highest BCUT2D eigenvalue weighted by molar-refractivity contribution is 9.08. The van der Waals surface area contributed by atoms with E-state index in [4.69, 9.17) is 11.6 Å². The summed E-state index contributed by atoms with van der Waals surface area (Å²) in [5.41, 5.74) is 2.58. The van der Waals surface area contributed by atoms with Crippen LogP contribution >= 0.6 is 27.5 Å². The lowest BCUT2D eigenvalue weighted by molar-refractivity contribution is 0.170. The van der Waals surface area contributed by atoms with Crippen molar-refractivity contribution < 1.29 is 0 Å². The number of benzene rings is 1. The number of alkyl halides is 1. The monoisotopic (exact) mass is 330 g/mol. The molecule has 2 rings (SSSR count). The maximum Gasteiger partial charge on any atom is 0.0426 e. The van der Waals surface area contributed by atoms with Gasteiger partial charge < -0.3 is 4.90 Å². The van der Waals surface area contributed by atoms with E-state index in [2.05, 4.69) is 58.8 Å². The number of rotatable bonds is 2. The number of likely N-dealkylation sites (N-methyl/N-ethyl adjacent to an activating group) is 1. The summed E-state index contributed by atoms with van der Waals surface area (Å²) < 4.78 is 0. The summed E-state index contributed by atoms with van der Waals surface area (Å²) in [6.45, 7) is 6.67. The van der Waals surface area contributed by atoms with Crippen LogP contribution in [0.25, 0.3) is 0 Å². The minimum absolute atomic E-state index is 0.566. The number of hydrogen-bond acceptors (Lipinski definition) is 2. The van der Waals surface area contributed by atoms with E-state index in [1.54, 1.807) is 0 Å². The highest BCUT2D eigenvalue weighted by Crippen LogP contribution is 2.29. The second-order valence-electron chi connectivity index (χ2n) is 5.18. The Bertz CT molecular complexity index is 412. The van der Waals surface area contributed by atoms with Crippen molar-refractivity contribution in [3.05, 3.63) is 28.8 Å². The van der Waals surface area contributed by atoms with Gasteiger partial charge in [-0.05, 0) is 38.6 Å². The van der Waals surface area contributed by atoms with Crippen molar-refractivity contribution in [1.82, 2.24) is 4.90 Å². The smallest absolute Gasteiger partial charge is 0.0426 e. The molecule has 1 fully saturated rings. The fraction of sp³-hybridized carbons (Fsp3) is 0.571. The summed E-state index contributed by atoms with van der Waals surface area (Å²) in [4.78, 5) is 4.90. The van der Waals surface area contributed by atoms with E-state index in [1.165, 1.54) is 11.3 Å². The zero-order chi connectivity index (χ0) is 13.3. The highest BCUT2D eigenvalue weighted by atomic mass is 79.9. The summed E-state index contributed by atoms with van der Waals surface area (Å²) in [6.07, 6.45) is 0. The molecule has 4 heteroatoms. The minimum atomic E-state index is 0.566. The van der Waals surface area contributed by atoms with Gasteiger partial charge in [0.25, 0.3) is 0 Å². The molecule has 1 heterocycles. The van der Waals surface area contributed by atoms with Crippen molar-refractivity contribution in [2.75, 3.05) is 25.0 Å². The molecule has 2 unspecified atom stereocenters. The predicted molar refractivity (Wildman–Crippen MR) is 83.0 cm³/mol. The van der Waals surface area contributed by atoms with E-state index in [1.807, 2.05) is 6.07 Å². The van der Waals surface area contributed by atoms with Crippen LogP contribution in [0, 0.1) is 0 Å². The molecule has 0 saturated carbocycles. The average molecular weight is 332 g/mol. The summed E-state index contributed by atoms with van der Waals surface area (Å²) in [6, 6.07) is 7.29. The van der Waals surface area contributed by atoms with Crippen LogP contribution in [0.15, 0.2) is 18.2 Å². The Hall–Kier alpha value is -0.250. The van der Waals surface area contributed by atoms with E-state index in [0.29, 0.717) is 12.1 Å². The third-order valence-electron chi connectivity index (χ3n) is 3.89. The molecule has 1 aromatic rings. The Morgan fingerprint density at radius 3 is 2.44 bits per heavy atom. The van der Waals surface area contributed by atoms with Gasteiger partial charge in [-0.2, -0.15) is 0 Å². The van der Waals surface area contributed by atoms with Crippen molar-refractivity contribution >= 4 is 33.2 Å². The van der Waals surface area contributed by atoms with Crippen LogP contribution in [-0.2, 0) is 5.33 Å². The summed E-state index contributed by atoms with van der Waals surface area (Å²) in [5, 5.41) is 1.68. The van der Waals surface area contributed by atoms with Gasteiger partial charge in [0.2, 0.25) is 0 Å². The average Bonchev–Trinajstić information content (AvgIpc) is 2.35. The molecular formula is C14H20BrClN2. The number of anilines is 1. The van der Waals surface area contributed by atoms with Gasteiger partial charge in [-0.3, -0.25) is 4.90 Å². The normalized spacial score (nSPS) is 25.5. The minimum Gasteiger partial charge on any atom is -0.368 e. The Labute approximate surface area is 123 Å². The molecule has 0 radical (unpaired) electrons. The van der Waals surface area contributed by atoms with Gasteiger partial charge in [-0.1, -0.05) is 33.6 Å².